The molecule has 6 nitrogen and oxygen atoms in total. The molecule has 0 unspecified atom stereocenters. The van der Waals surface area contributed by atoms with Gasteiger partial charge in [-0.3, -0.25) is 4.79 Å². The largest absolute Gasteiger partial charge is 0.496 e. The minimum absolute atomic E-state index is 0.147. The second kappa shape index (κ2) is 8.61. The molecule has 3 aromatic rings. The second-order valence-electron chi connectivity index (χ2n) is 6.71. The van der Waals surface area contributed by atoms with Crippen molar-refractivity contribution in [3.8, 4) is 11.5 Å². The molecule has 28 heavy (non-hydrogen) atoms. The smallest absolute Gasteiger partial charge is 0.251 e. The third kappa shape index (κ3) is 4.52. The normalized spacial score (nSPS) is 11.7. The highest BCUT2D eigenvalue weighted by atomic mass is 16.5. The molecule has 1 atom stereocenters. The van der Waals surface area contributed by atoms with Crippen LogP contribution in [0.5, 0.6) is 11.5 Å². The molecular formula is C22H25N3O3. The molecule has 0 aliphatic rings. The van der Waals surface area contributed by atoms with Gasteiger partial charge in [0.25, 0.3) is 5.91 Å². The quantitative estimate of drug-likeness (QED) is 0.678. The van der Waals surface area contributed by atoms with Crippen LogP contribution < -0.4 is 14.8 Å². The van der Waals surface area contributed by atoms with Crippen molar-refractivity contribution >= 4 is 5.91 Å². The summed E-state index contributed by atoms with van der Waals surface area (Å²) in [6.45, 7) is 4.33. The SMILES string of the molecule is COc1ccc(C)cc1[C@H](C)NC(=O)c1ccc(OCc2nccn2C)cc1. The Morgan fingerprint density at radius 1 is 1.21 bits per heavy atom. The number of carbonyl (C=O) groups is 1. The molecule has 1 aromatic heterocycles. The topological polar surface area (TPSA) is 65.4 Å². The number of ether oxygens (including phenoxy) is 2. The van der Waals surface area contributed by atoms with Gasteiger partial charge in [0.05, 0.1) is 13.2 Å². The Balaban J connectivity index is 1.63. The highest BCUT2D eigenvalue weighted by Gasteiger charge is 2.15. The zero-order valence-electron chi connectivity index (χ0n) is 16.6. The summed E-state index contributed by atoms with van der Waals surface area (Å²) in [5, 5.41) is 3.02. The first kappa shape index (κ1) is 19.5. The van der Waals surface area contributed by atoms with Crippen LogP contribution in [0.2, 0.25) is 0 Å². The summed E-state index contributed by atoms with van der Waals surface area (Å²) >= 11 is 0. The summed E-state index contributed by atoms with van der Waals surface area (Å²) in [5.74, 6) is 2.14. The molecule has 1 heterocycles. The van der Waals surface area contributed by atoms with Gasteiger partial charge in [0.1, 0.15) is 23.9 Å². The number of rotatable bonds is 7. The maximum absolute atomic E-state index is 12.6. The summed E-state index contributed by atoms with van der Waals surface area (Å²) in [6, 6.07) is 12.8. The molecule has 6 heteroatoms. The number of benzene rings is 2. The van der Waals surface area contributed by atoms with Gasteiger partial charge in [-0.05, 0) is 44.2 Å². The number of nitrogens with zero attached hydrogens (tertiary/aromatic N) is 2. The number of nitrogens with one attached hydrogen (secondary N) is 1. The Bertz CT molecular complexity index is 948. The summed E-state index contributed by atoms with van der Waals surface area (Å²) in [6.07, 6.45) is 3.60. The van der Waals surface area contributed by atoms with Crippen molar-refractivity contribution < 1.29 is 14.3 Å². The van der Waals surface area contributed by atoms with Crippen LogP contribution in [0.3, 0.4) is 0 Å². The fourth-order valence-electron chi connectivity index (χ4n) is 2.94. The standard InChI is InChI=1S/C22H25N3O3/c1-15-5-10-20(27-4)19(13-15)16(2)24-22(26)17-6-8-18(9-7-17)28-14-21-23-11-12-25(21)3/h5-13,16H,14H2,1-4H3,(H,24,26)/t16-/m0/s1. The Hall–Kier alpha value is -3.28. The summed E-state index contributed by atoms with van der Waals surface area (Å²) in [7, 11) is 3.55. The van der Waals surface area contributed by atoms with E-state index in [9.17, 15) is 4.79 Å². The van der Waals surface area contributed by atoms with Crippen LogP contribution in [0.1, 0.15) is 40.3 Å². The second-order valence-corrected chi connectivity index (χ2v) is 6.71. The van der Waals surface area contributed by atoms with Gasteiger partial charge in [-0.15, -0.1) is 0 Å². The van der Waals surface area contributed by atoms with Crippen LogP contribution in [0.15, 0.2) is 54.9 Å². The molecule has 0 aliphatic heterocycles. The van der Waals surface area contributed by atoms with E-state index in [0.717, 1.165) is 22.7 Å². The average Bonchev–Trinajstić information content (AvgIpc) is 3.11. The Morgan fingerprint density at radius 3 is 2.61 bits per heavy atom. The number of hydrogen-bond donors (Lipinski definition) is 1. The maximum atomic E-state index is 12.6. The Morgan fingerprint density at radius 2 is 1.96 bits per heavy atom. The van der Waals surface area contributed by atoms with Crippen molar-refractivity contribution in [3.63, 3.8) is 0 Å². The molecule has 0 saturated carbocycles. The zero-order valence-corrected chi connectivity index (χ0v) is 16.6. The predicted molar refractivity (Wildman–Crippen MR) is 108 cm³/mol. The lowest BCUT2D eigenvalue weighted by atomic mass is 10.0. The van der Waals surface area contributed by atoms with E-state index < -0.39 is 0 Å². The Labute approximate surface area is 165 Å². The lowest BCUT2D eigenvalue weighted by Gasteiger charge is -2.18. The minimum Gasteiger partial charge on any atom is -0.496 e. The molecule has 0 saturated heterocycles. The van der Waals surface area contributed by atoms with E-state index in [-0.39, 0.29) is 11.9 Å². The molecule has 1 N–H and O–H groups in total. The fraction of sp³-hybridized carbons (Fsp3) is 0.273. The number of carbonyl (C=O) groups excluding carboxylic acids is 1. The molecule has 0 fully saturated rings. The van der Waals surface area contributed by atoms with Gasteiger partial charge in [0.15, 0.2) is 0 Å². The van der Waals surface area contributed by atoms with Crippen molar-refractivity contribution in [2.24, 2.45) is 7.05 Å². The third-order valence-corrected chi connectivity index (χ3v) is 4.60. The lowest BCUT2D eigenvalue weighted by Crippen LogP contribution is -2.27. The number of imidazole rings is 1. The van der Waals surface area contributed by atoms with E-state index in [4.69, 9.17) is 9.47 Å². The van der Waals surface area contributed by atoms with Crippen molar-refractivity contribution in [3.05, 3.63) is 77.4 Å². The zero-order chi connectivity index (χ0) is 20.1. The van der Waals surface area contributed by atoms with Crippen LogP contribution in [0.25, 0.3) is 0 Å². The Kier molecular flexibility index (Phi) is 5.99. The van der Waals surface area contributed by atoms with Crippen LogP contribution in [0, 0.1) is 6.92 Å². The summed E-state index contributed by atoms with van der Waals surface area (Å²) in [5.41, 5.74) is 2.64. The summed E-state index contributed by atoms with van der Waals surface area (Å²) < 4.78 is 13.0. The molecule has 1 amide bonds. The molecule has 0 spiro atoms. The van der Waals surface area contributed by atoms with E-state index in [1.54, 1.807) is 37.6 Å². The molecule has 0 aliphatic carbocycles. The molecule has 0 bridgehead atoms. The number of amides is 1. The van der Waals surface area contributed by atoms with Crippen LogP contribution in [-0.4, -0.2) is 22.6 Å². The van der Waals surface area contributed by atoms with Gasteiger partial charge in [-0.25, -0.2) is 4.98 Å². The van der Waals surface area contributed by atoms with Gasteiger partial charge in [-0.2, -0.15) is 0 Å². The molecule has 146 valence electrons. The van der Waals surface area contributed by atoms with Crippen LogP contribution >= 0.6 is 0 Å². The van der Waals surface area contributed by atoms with Gasteiger partial charge in [0, 0.05) is 30.6 Å². The van der Waals surface area contributed by atoms with Crippen molar-refractivity contribution in [2.45, 2.75) is 26.5 Å². The number of methoxy groups -OCH3 is 1. The third-order valence-electron chi connectivity index (χ3n) is 4.60. The highest BCUT2D eigenvalue weighted by Crippen LogP contribution is 2.26. The van der Waals surface area contributed by atoms with Gasteiger partial charge in [0.2, 0.25) is 0 Å². The first-order valence-corrected chi connectivity index (χ1v) is 9.12. The minimum atomic E-state index is -0.179. The molecule has 0 radical (unpaired) electrons. The van der Waals surface area contributed by atoms with Crippen molar-refractivity contribution in [1.82, 2.24) is 14.9 Å². The van der Waals surface area contributed by atoms with Gasteiger partial charge < -0.3 is 19.4 Å². The van der Waals surface area contributed by atoms with E-state index in [2.05, 4.69) is 10.3 Å². The maximum Gasteiger partial charge on any atom is 0.251 e. The van der Waals surface area contributed by atoms with Crippen molar-refractivity contribution in [2.75, 3.05) is 7.11 Å². The predicted octanol–water partition coefficient (Wildman–Crippen LogP) is 3.81. The molecule has 2 aromatic carbocycles. The van der Waals surface area contributed by atoms with Crippen LogP contribution in [-0.2, 0) is 13.7 Å². The van der Waals surface area contributed by atoms with E-state index in [1.807, 2.05) is 49.9 Å². The number of aromatic nitrogens is 2. The summed E-state index contributed by atoms with van der Waals surface area (Å²) in [4.78, 5) is 16.8. The number of aryl methyl sites for hydroxylation is 2. The lowest BCUT2D eigenvalue weighted by molar-refractivity contribution is 0.0939. The van der Waals surface area contributed by atoms with E-state index in [0.29, 0.717) is 17.9 Å². The molecular weight excluding hydrogens is 354 g/mol. The van der Waals surface area contributed by atoms with E-state index >= 15 is 0 Å². The van der Waals surface area contributed by atoms with Gasteiger partial charge >= 0.3 is 0 Å². The molecule has 3 rings (SSSR count). The van der Waals surface area contributed by atoms with Gasteiger partial charge in [-0.1, -0.05) is 17.7 Å². The van der Waals surface area contributed by atoms with E-state index in [1.165, 1.54) is 0 Å². The fourth-order valence-corrected chi connectivity index (χ4v) is 2.94. The average molecular weight is 379 g/mol. The van der Waals surface area contributed by atoms with Crippen LogP contribution in [0.4, 0.5) is 0 Å². The first-order valence-electron chi connectivity index (χ1n) is 9.12. The first-order chi connectivity index (χ1) is 13.5. The highest BCUT2D eigenvalue weighted by molar-refractivity contribution is 5.94. The van der Waals surface area contributed by atoms with Crippen molar-refractivity contribution in [1.29, 1.82) is 0 Å². The number of hydrogen-bond acceptors (Lipinski definition) is 4. The monoisotopic (exact) mass is 379 g/mol.